The maximum atomic E-state index is 12.5. The SMILES string of the molecule is CCCN(CC(=O)O)C(=O)c1cc(C(C)C)nn1CC. The molecular weight excluding hydrogens is 258 g/mol. The summed E-state index contributed by atoms with van der Waals surface area (Å²) in [7, 11) is 0. The van der Waals surface area contributed by atoms with Crippen LogP contribution >= 0.6 is 0 Å². The zero-order valence-electron chi connectivity index (χ0n) is 12.6. The van der Waals surface area contributed by atoms with E-state index in [9.17, 15) is 9.59 Å². The minimum Gasteiger partial charge on any atom is -0.480 e. The van der Waals surface area contributed by atoms with Crippen LogP contribution in [-0.2, 0) is 11.3 Å². The normalized spacial score (nSPS) is 10.8. The van der Waals surface area contributed by atoms with Crippen LogP contribution in [0.25, 0.3) is 0 Å². The summed E-state index contributed by atoms with van der Waals surface area (Å²) in [6.45, 7) is 8.58. The molecule has 112 valence electrons. The van der Waals surface area contributed by atoms with E-state index in [0.717, 1.165) is 12.1 Å². The molecular formula is C14H23N3O3. The number of aryl methyl sites for hydroxylation is 1. The second-order valence-corrected chi connectivity index (χ2v) is 5.05. The molecule has 0 aliphatic heterocycles. The summed E-state index contributed by atoms with van der Waals surface area (Å²) in [5, 5.41) is 13.3. The van der Waals surface area contributed by atoms with Gasteiger partial charge in [-0.2, -0.15) is 5.10 Å². The van der Waals surface area contributed by atoms with Crippen LogP contribution in [0.4, 0.5) is 0 Å². The minimum atomic E-state index is -1.00. The summed E-state index contributed by atoms with van der Waals surface area (Å²) in [4.78, 5) is 24.7. The van der Waals surface area contributed by atoms with Crippen LogP contribution in [0.1, 0.15) is 56.2 Å². The first-order chi connectivity index (χ1) is 9.40. The Morgan fingerprint density at radius 2 is 2.05 bits per heavy atom. The molecule has 0 aromatic carbocycles. The first-order valence-electron chi connectivity index (χ1n) is 6.99. The molecule has 0 aliphatic carbocycles. The highest BCUT2D eigenvalue weighted by molar-refractivity contribution is 5.94. The average Bonchev–Trinajstić information content (AvgIpc) is 2.81. The molecule has 20 heavy (non-hydrogen) atoms. The molecule has 0 bridgehead atoms. The van der Waals surface area contributed by atoms with Gasteiger partial charge in [0.2, 0.25) is 0 Å². The van der Waals surface area contributed by atoms with E-state index in [-0.39, 0.29) is 18.4 Å². The second kappa shape index (κ2) is 7.07. The van der Waals surface area contributed by atoms with Crippen LogP contribution in [-0.4, -0.2) is 44.8 Å². The molecule has 0 saturated heterocycles. The van der Waals surface area contributed by atoms with E-state index < -0.39 is 5.97 Å². The average molecular weight is 281 g/mol. The number of hydrogen-bond donors (Lipinski definition) is 1. The summed E-state index contributed by atoms with van der Waals surface area (Å²) in [6.07, 6.45) is 0.719. The van der Waals surface area contributed by atoms with Gasteiger partial charge in [-0.05, 0) is 25.3 Å². The van der Waals surface area contributed by atoms with Crippen molar-refractivity contribution in [2.45, 2.75) is 46.6 Å². The Hall–Kier alpha value is -1.85. The Morgan fingerprint density at radius 1 is 1.40 bits per heavy atom. The summed E-state index contributed by atoms with van der Waals surface area (Å²) < 4.78 is 1.64. The fourth-order valence-electron chi connectivity index (χ4n) is 1.98. The van der Waals surface area contributed by atoms with Crippen molar-refractivity contribution >= 4 is 11.9 Å². The number of carbonyl (C=O) groups is 2. The molecule has 6 heteroatoms. The third-order valence-electron chi connectivity index (χ3n) is 3.02. The van der Waals surface area contributed by atoms with Crippen LogP contribution in [0.3, 0.4) is 0 Å². The Kier molecular flexibility index (Phi) is 5.73. The van der Waals surface area contributed by atoms with Crippen LogP contribution in [0.5, 0.6) is 0 Å². The summed E-state index contributed by atoms with van der Waals surface area (Å²) in [5.41, 5.74) is 1.31. The van der Waals surface area contributed by atoms with Crippen molar-refractivity contribution in [3.63, 3.8) is 0 Å². The molecule has 1 rings (SSSR count). The molecule has 1 N–H and O–H groups in total. The molecule has 0 spiro atoms. The predicted octanol–water partition coefficient (Wildman–Crippen LogP) is 1.96. The number of aromatic nitrogens is 2. The zero-order valence-corrected chi connectivity index (χ0v) is 12.6. The van der Waals surface area contributed by atoms with Crippen LogP contribution in [0.15, 0.2) is 6.07 Å². The van der Waals surface area contributed by atoms with Crippen LogP contribution in [0, 0.1) is 0 Å². The van der Waals surface area contributed by atoms with Crippen molar-refractivity contribution in [3.05, 3.63) is 17.5 Å². The summed E-state index contributed by atoms with van der Waals surface area (Å²) in [5.74, 6) is -1.04. The van der Waals surface area contributed by atoms with Gasteiger partial charge in [0.15, 0.2) is 0 Å². The van der Waals surface area contributed by atoms with Gasteiger partial charge >= 0.3 is 5.97 Å². The van der Waals surface area contributed by atoms with Crippen LogP contribution < -0.4 is 0 Å². The van der Waals surface area contributed by atoms with Crippen molar-refractivity contribution in [1.82, 2.24) is 14.7 Å². The Bertz CT molecular complexity index is 480. The lowest BCUT2D eigenvalue weighted by molar-refractivity contribution is -0.137. The fraction of sp³-hybridized carbons (Fsp3) is 0.643. The largest absolute Gasteiger partial charge is 0.480 e. The summed E-state index contributed by atoms with van der Waals surface area (Å²) in [6, 6.07) is 1.76. The van der Waals surface area contributed by atoms with Gasteiger partial charge in [0, 0.05) is 13.1 Å². The van der Waals surface area contributed by atoms with Crippen LogP contribution in [0.2, 0.25) is 0 Å². The monoisotopic (exact) mass is 281 g/mol. The van der Waals surface area contributed by atoms with Crippen molar-refractivity contribution in [2.75, 3.05) is 13.1 Å². The third-order valence-corrected chi connectivity index (χ3v) is 3.02. The van der Waals surface area contributed by atoms with Crippen molar-refractivity contribution < 1.29 is 14.7 Å². The summed E-state index contributed by atoms with van der Waals surface area (Å²) >= 11 is 0. The number of hydrogen-bond acceptors (Lipinski definition) is 3. The van der Waals surface area contributed by atoms with E-state index in [1.165, 1.54) is 4.90 Å². The van der Waals surface area contributed by atoms with Gasteiger partial charge in [-0.25, -0.2) is 0 Å². The maximum Gasteiger partial charge on any atom is 0.323 e. The first-order valence-corrected chi connectivity index (χ1v) is 6.99. The highest BCUT2D eigenvalue weighted by atomic mass is 16.4. The Labute approximate surface area is 119 Å². The number of carbonyl (C=O) groups excluding carboxylic acids is 1. The molecule has 0 atom stereocenters. The smallest absolute Gasteiger partial charge is 0.323 e. The lowest BCUT2D eigenvalue weighted by Crippen LogP contribution is -2.37. The van der Waals surface area contributed by atoms with Crippen molar-refractivity contribution in [3.8, 4) is 0 Å². The second-order valence-electron chi connectivity index (χ2n) is 5.05. The quantitative estimate of drug-likeness (QED) is 0.829. The van der Waals surface area contributed by atoms with Crippen molar-refractivity contribution in [2.24, 2.45) is 0 Å². The van der Waals surface area contributed by atoms with Gasteiger partial charge in [0.05, 0.1) is 5.69 Å². The van der Waals surface area contributed by atoms with Gasteiger partial charge < -0.3 is 10.0 Å². The van der Waals surface area contributed by atoms with E-state index in [2.05, 4.69) is 5.10 Å². The molecule has 0 fully saturated rings. The topological polar surface area (TPSA) is 75.4 Å². The van der Waals surface area contributed by atoms with E-state index >= 15 is 0 Å². The molecule has 0 aliphatic rings. The molecule has 0 saturated carbocycles. The molecule has 1 aromatic heterocycles. The van der Waals surface area contributed by atoms with Gasteiger partial charge in [-0.15, -0.1) is 0 Å². The highest BCUT2D eigenvalue weighted by Crippen LogP contribution is 2.16. The fourth-order valence-corrected chi connectivity index (χ4v) is 1.98. The van der Waals surface area contributed by atoms with E-state index in [1.54, 1.807) is 10.7 Å². The molecule has 1 amide bonds. The zero-order chi connectivity index (χ0) is 15.3. The van der Waals surface area contributed by atoms with Gasteiger partial charge in [-0.1, -0.05) is 20.8 Å². The molecule has 0 unspecified atom stereocenters. The Morgan fingerprint density at radius 3 is 2.50 bits per heavy atom. The predicted molar refractivity (Wildman–Crippen MR) is 75.8 cm³/mol. The number of carboxylic acid groups (broad SMARTS) is 1. The maximum absolute atomic E-state index is 12.5. The Balaban J connectivity index is 3.06. The van der Waals surface area contributed by atoms with E-state index in [4.69, 9.17) is 5.11 Å². The number of carboxylic acids is 1. The standard InChI is InChI=1S/C14H23N3O3/c1-5-7-16(9-13(18)19)14(20)12-8-11(10(3)4)15-17(12)6-2/h8,10H,5-7,9H2,1-4H3,(H,18,19). The number of nitrogens with zero attached hydrogens (tertiary/aromatic N) is 3. The lowest BCUT2D eigenvalue weighted by Gasteiger charge is -2.20. The van der Waals surface area contributed by atoms with Gasteiger partial charge in [0.1, 0.15) is 12.2 Å². The number of aliphatic carboxylic acids is 1. The number of rotatable bonds is 7. The first kappa shape index (κ1) is 16.2. The third kappa shape index (κ3) is 3.82. The molecule has 1 heterocycles. The highest BCUT2D eigenvalue weighted by Gasteiger charge is 2.22. The molecule has 1 aromatic rings. The van der Waals surface area contributed by atoms with Gasteiger partial charge in [-0.3, -0.25) is 14.3 Å². The molecule has 6 nitrogen and oxygen atoms in total. The van der Waals surface area contributed by atoms with E-state index in [0.29, 0.717) is 18.8 Å². The number of amides is 1. The van der Waals surface area contributed by atoms with E-state index in [1.807, 2.05) is 27.7 Å². The van der Waals surface area contributed by atoms with Crippen molar-refractivity contribution in [1.29, 1.82) is 0 Å². The van der Waals surface area contributed by atoms with Gasteiger partial charge in [0.25, 0.3) is 5.91 Å². The lowest BCUT2D eigenvalue weighted by atomic mass is 10.1. The minimum absolute atomic E-state index is 0.230. The molecule has 0 radical (unpaired) electrons.